The van der Waals surface area contributed by atoms with Gasteiger partial charge in [-0.05, 0) is 24.3 Å². The van der Waals surface area contributed by atoms with Crippen LogP contribution < -0.4 is 5.32 Å². The molecule has 1 aliphatic rings. The molecule has 9 nitrogen and oxygen atoms in total. The zero-order valence-corrected chi connectivity index (χ0v) is 21.0. The predicted molar refractivity (Wildman–Crippen MR) is 133 cm³/mol. The molecule has 0 spiro atoms. The molecule has 190 valence electrons. The van der Waals surface area contributed by atoms with Gasteiger partial charge in [-0.1, -0.05) is 44.2 Å². The third-order valence-electron chi connectivity index (χ3n) is 6.02. The molecule has 3 rings (SSSR count). The lowest BCUT2D eigenvalue weighted by atomic mass is 10.1. The van der Waals surface area contributed by atoms with Crippen molar-refractivity contribution in [2.45, 2.75) is 46.2 Å². The van der Waals surface area contributed by atoms with Gasteiger partial charge in [0.1, 0.15) is 5.69 Å². The Bertz CT molecular complexity index is 989. The highest BCUT2D eigenvalue weighted by atomic mass is 16.5. The molecule has 1 N–H and O–H groups in total. The Balaban J connectivity index is 1.68. The van der Waals surface area contributed by atoms with Gasteiger partial charge in [-0.15, -0.1) is 0 Å². The molecule has 1 aromatic heterocycles. The first kappa shape index (κ1) is 26.4. The number of nitrogens with one attached hydrogen (secondary N) is 1. The SMILES string of the molecule is COCCN(CCC(=O)NCCC(C)C)C(=O)c1cc2n(n1)CCCN(Cc1ccccc1)C2=O. The Labute approximate surface area is 207 Å². The molecule has 0 unspecified atom stereocenters. The maximum atomic E-state index is 13.3. The fraction of sp³-hybridized carbons (Fsp3) is 0.538. The smallest absolute Gasteiger partial charge is 0.274 e. The highest BCUT2D eigenvalue weighted by molar-refractivity contribution is 5.98. The minimum atomic E-state index is -0.306. The predicted octanol–water partition coefficient (Wildman–Crippen LogP) is 2.57. The van der Waals surface area contributed by atoms with Gasteiger partial charge in [0.25, 0.3) is 11.8 Å². The highest BCUT2D eigenvalue weighted by Crippen LogP contribution is 2.17. The maximum Gasteiger partial charge on any atom is 0.274 e. The van der Waals surface area contributed by atoms with E-state index in [-0.39, 0.29) is 36.4 Å². The molecule has 35 heavy (non-hydrogen) atoms. The van der Waals surface area contributed by atoms with E-state index in [2.05, 4.69) is 24.3 Å². The molecule has 0 saturated carbocycles. The van der Waals surface area contributed by atoms with Crippen molar-refractivity contribution in [3.05, 3.63) is 53.3 Å². The number of carbonyl (C=O) groups is 3. The summed E-state index contributed by atoms with van der Waals surface area (Å²) < 4.78 is 6.79. The number of hydrogen-bond acceptors (Lipinski definition) is 5. The van der Waals surface area contributed by atoms with Crippen molar-refractivity contribution in [2.24, 2.45) is 5.92 Å². The number of rotatable bonds is 12. The molecular formula is C26H37N5O4. The van der Waals surface area contributed by atoms with Crippen LogP contribution in [0.3, 0.4) is 0 Å². The van der Waals surface area contributed by atoms with Crippen LogP contribution in [0.4, 0.5) is 0 Å². The zero-order valence-electron chi connectivity index (χ0n) is 21.0. The first-order valence-corrected chi connectivity index (χ1v) is 12.3. The number of fused-ring (bicyclic) bond motifs is 1. The monoisotopic (exact) mass is 483 g/mol. The van der Waals surface area contributed by atoms with Gasteiger partial charge in [0.05, 0.1) is 6.61 Å². The molecular weight excluding hydrogens is 446 g/mol. The molecule has 3 amide bonds. The van der Waals surface area contributed by atoms with Gasteiger partial charge in [0, 0.05) is 58.9 Å². The molecule has 9 heteroatoms. The van der Waals surface area contributed by atoms with Crippen LogP contribution in [0.5, 0.6) is 0 Å². The van der Waals surface area contributed by atoms with Gasteiger partial charge < -0.3 is 19.9 Å². The fourth-order valence-corrected chi connectivity index (χ4v) is 4.00. The first-order chi connectivity index (χ1) is 16.9. The second kappa shape index (κ2) is 13.0. The zero-order chi connectivity index (χ0) is 25.2. The Morgan fingerprint density at radius 1 is 1.17 bits per heavy atom. The summed E-state index contributed by atoms with van der Waals surface area (Å²) >= 11 is 0. The summed E-state index contributed by atoms with van der Waals surface area (Å²) in [5.41, 5.74) is 1.69. The van der Waals surface area contributed by atoms with E-state index in [1.54, 1.807) is 27.7 Å². The molecule has 2 heterocycles. The lowest BCUT2D eigenvalue weighted by molar-refractivity contribution is -0.121. The van der Waals surface area contributed by atoms with Crippen molar-refractivity contribution in [1.82, 2.24) is 24.9 Å². The van der Waals surface area contributed by atoms with Gasteiger partial charge in [-0.3, -0.25) is 19.1 Å². The number of amides is 3. The van der Waals surface area contributed by atoms with Crippen LogP contribution in [-0.4, -0.2) is 77.2 Å². The fourth-order valence-electron chi connectivity index (χ4n) is 4.00. The van der Waals surface area contributed by atoms with E-state index in [1.807, 2.05) is 30.3 Å². The normalized spacial score (nSPS) is 13.5. The summed E-state index contributed by atoms with van der Waals surface area (Å²) in [4.78, 5) is 42.1. The average Bonchev–Trinajstić information content (AvgIpc) is 3.21. The van der Waals surface area contributed by atoms with Gasteiger partial charge >= 0.3 is 0 Å². The van der Waals surface area contributed by atoms with Crippen LogP contribution in [-0.2, 0) is 22.6 Å². The van der Waals surface area contributed by atoms with Crippen LogP contribution in [0.15, 0.2) is 36.4 Å². The third-order valence-corrected chi connectivity index (χ3v) is 6.02. The third kappa shape index (κ3) is 7.65. The number of hydrogen-bond donors (Lipinski definition) is 1. The first-order valence-electron chi connectivity index (χ1n) is 12.3. The van der Waals surface area contributed by atoms with Crippen LogP contribution in [0.2, 0.25) is 0 Å². The van der Waals surface area contributed by atoms with Crippen molar-refractivity contribution in [3.8, 4) is 0 Å². The summed E-state index contributed by atoms with van der Waals surface area (Å²) in [6.07, 6.45) is 1.86. The van der Waals surface area contributed by atoms with Crippen LogP contribution in [0.1, 0.15) is 59.7 Å². The molecule has 2 aromatic rings. The number of methoxy groups -OCH3 is 1. The Morgan fingerprint density at radius 3 is 2.66 bits per heavy atom. The molecule has 0 fully saturated rings. The van der Waals surface area contributed by atoms with E-state index in [1.165, 1.54) is 0 Å². The van der Waals surface area contributed by atoms with Gasteiger partial charge in [0.15, 0.2) is 5.69 Å². The van der Waals surface area contributed by atoms with Gasteiger partial charge in [0.2, 0.25) is 5.91 Å². The Kier molecular flexibility index (Phi) is 9.84. The topological polar surface area (TPSA) is 96.8 Å². The standard InChI is InChI=1S/C26H37N5O4/c1-20(2)10-12-27-24(32)11-15-29(16-17-35-3)25(33)22-18-23-26(34)30(13-7-14-31(23)28-22)19-21-8-5-4-6-9-21/h4-6,8-9,18,20H,7,10-17,19H2,1-3H3,(H,27,32). The molecule has 1 aliphatic heterocycles. The quantitative estimate of drug-likeness (QED) is 0.501. The van der Waals surface area contributed by atoms with Crippen molar-refractivity contribution in [3.63, 3.8) is 0 Å². The van der Waals surface area contributed by atoms with Crippen LogP contribution >= 0.6 is 0 Å². The molecule has 0 saturated heterocycles. The maximum absolute atomic E-state index is 13.3. The summed E-state index contributed by atoms with van der Waals surface area (Å²) in [5.74, 6) is -0.0170. The lowest BCUT2D eigenvalue weighted by Crippen LogP contribution is -2.38. The van der Waals surface area contributed by atoms with E-state index in [9.17, 15) is 14.4 Å². The molecule has 0 radical (unpaired) electrons. The number of aryl methyl sites for hydroxylation is 1. The van der Waals surface area contributed by atoms with E-state index >= 15 is 0 Å². The highest BCUT2D eigenvalue weighted by Gasteiger charge is 2.28. The summed E-state index contributed by atoms with van der Waals surface area (Å²) in [6.45, 7) is 7.49. The van der Waals surface area contributed by atoms with Crippen molar-refractivity contribution < 1.29 is 19.1 Å². The largest absolute Gasteiger partial charge is 0.383 e. The van der Waals surface area contributed by atoms with Crippen molar-refractivity contribution in [2.75, 3.05) is 39.9 Å². The second-order valence-corrected chi connectivity index (χ2v) is 9.27. The molecule has 0 aliphatic carbocycles. The number of benzene rings is 1. The van der Waals surface area contributed by atoms with Crippen LogP contribution in [0, 0.1) is 5.92 Å². The minimum absolute atomic E-state index is 0.0896. The van der Waals surface area contributed by atoms with E-state index in [4.69, 9.17) is 4.74 Å². The molecule has 0 atom stereocenters. The lowest BCUT2D eigenvalue weighted by Gasteiger charge is -2.21. The van der Waals surface area contributed by atoms with Gasteiger partial charge in [-0.25, -0.2) is 0 Å². The van der Waals surface area contributed by atoms with E-state index in [0.29, 0.717) is 50.9 Å². The Hall–Kier alpha value is -3.20. The summed E-state index contributed by atoms with van der Waals surface area (Å²) in [7, 11) is 1.57. The number of nitrogens with zero attached hydrogens (tertiary/aromatic N) is 4. The average molecular weight is 484 g/mol. The van der Waals surface area contributed by atoms with E-state index < -0.39 is 0 Å². The minimum Gasteiger partial charge on any atom is -0.383 e. The Morgan fingerprint density at radius 2 is 1.94 bits per heavy atom. The summed E-state index contributed by atoms with van der Waals surface area (Å²) in [5, 5.41) is 7.37. The van der Waals surface area contributed by atoms with E-state index in [0.717, 1.165) is 18.4 Å². The van der Waals surface area contributed by atoms with Gasteiger partial charge in [-0.2, -0.15) is 5.10 Å². The molecule has 1 aromatic carbocycles. The van der Waals surface area contributed by atoms with Crippen molar-refractivity contribution >= 4 is 17.7 Å². The molecule has 0 bridgehead atoms. The number of carbonyl (C=O) groups excluding carboxylic acids is 3. The second-order valence-electron chi connectivity index (χ2n) is 9.27. The van der Waals surface area contributed by atoms with Crippen LogP contribution in [0.25, 0.3) is 0 Å². The summed E-state index contributed by atoms with van der Waals surface area (Å²) in [6, 6.07) is 11.4. The van der Waals surface area contributed by atoms with Crippen molar-refractivity contribution in [1.29, 1.82) is 0 Å². The number of aromatic nitrogens is 2. The number of ether oxygens (including phenoxy) is 1.